The van der Waals surface area contributed by atoms with Crippen molar-refractivity contribution in [1.29, 1.82) is 0 Å². The lowest BCUT2D eigenvalue weighted by Crippen LogP contribution is -2.59. The molecule has 2 atom stereocenters. The Labute approximate surface area is 150 Å². The molecule has 1 amide bonds. The summed E-state index contributed by atoms with van der Waals surface area (Å²) in [4.78, 5) is 37.9. The minimum atomic E-state index is -0.687. The third kappa shape index (κ3) is 3.16. The van der Waals surface area contributed by atoms with Crippen molar-refractivity contribution >= 4 is 29.6 Å². The highest BCUT2D eigenvalue weighted by molar-refractivity contribution is 8.01. The Balaban J connectivity index is 1.73. The number of thioether (sulfide) groups is 1. The number of carbonyl (C=O) groups is 3. The fraction of sp³-hybridized carbons (Fsp3) is 0.389. The lowest BCUT2D eigenvalue weighted by Gasteiger charge is -2.39. The highest BCUT2D eigenvalue weighted by Gasteiger charge is 2.61. The quantitative estimate of drug-likeness (QED) is 0.463. The Hall–Kier alpha value is -2.28. The van der Waals surface area contributed by atoms with Crippen LogP contribution >= 0.6 is 11.8 Å². The molecule has 1 aromatic carbocycles. The van der Waals surface area contributed by atoms with Gasteiger partial charge in [0.1, 0.15) is 18.0 Å². The molecule has 3 rings (SSSR count). The third-order valence-electron chi connectivity index (χ3n) is 4.27. The Morgan fingerprint density at radius 2 is 1.96 bits per heavy atom. The van der Waals surface area contributed by atoms with Gasteiger partial charge in [-0.15, -0.1) is 11.8 Å². The van der Waals surface area contributed by atoms with E-state index in [1.807, 2.05) is 44.2 Å². The molecule has 0 N–H and O–H groups in total. The first-order valence-electron chi connectivity index (χ1n) is 7.85. The predicted molar refractivity (Wildman–Crippen MR) is 92.4 cm³/mol. The van der Waals surface area contributed by atoms with Crippen LogP contribution < -0.4 is 0 Å². The zero-order valence-electron chi connectivity index (χ0n) is 14.2. The first-order chi connectivity index (χ1) is 11.8. The normalized spacial score (nSPS) is 25.3. The van der Waals surface area contributed by atoms with Crippen LogP contribution in [0.5, 0.6) is 0 Å². The topological polar surface area (TPSA) is 72.9 Å². The Bertz CT molecular complexity index is 743. The number of carbonyl (C=O) groups excluding carboxylic acids is 3. The van der Waals surface area contributed by atoms with Crippen LogP contribution in [0.2, 0.25) is 0 Å². The first kappa shape index (κ1) is 17.5. The maximum absolute atomic E-state index is 12.6. The second kappa shape index (κ2) is 6.55. The lowest BCUT2D eigenvalue weighted by atomic mass is 9.95. The molecule has 2 heterocycles. The summed E-state index contributed by atoms with van der Waals surface area (Å²) in [6, 6.07) is 8.69. The van der Waals surface area contributed by atoms with Gasteiger partial charge in [0.25, 0.3) is 5.91 Å². The molecule has 6 nitrogen and oxygen atoms in total. The smallest absolute Gasteiger partial charge is 0.331 e. The van der Waals surface area contributed by atoms with Gasteiger partial charge in [0.05, 0.1) is 12.7 Å². The number of β-lactam (4-membered cyclic amide) rings is 1. The fourth-order valence-corrected chi connectivity index (χ4v) is 4.57. The number of benzene rings is 1. The third-order valence-corrected chi connectivity index (χ3v) is 5.81. The van der Waals surface area contributed by atoms with Crippen LogP contribution in [0.25, 0.3) is 0 Å². The average molecular weight is 361 g/mol. The van der Waals surface area contributed by atoms with E-state index in [4.69, 9.17) is 4.74 Å². The second-order valence-corrected chi connectivity index (χ2v) is 8.14. The predicted octanol–water partition coefficient (Wildman–Crippen LogP) is 1.89. The molecule has 0 aliphatic carbocycles. The van der Waals surface area contributed by atoms with Gasteiger partial charge in [0.15, 0.2) is 0 Å². The Kier molecular flexibility index (Phi) is 4.60. The van der Waals surface area contributed by atoms with E-state index in [0.29, 0.717) is 5.57 Å². The van der Waals surface area contributed by atoms with Crippen LogP contribution in [-0.2, 0) is 30.5 Å². The molecule has 2 saturated heterocycles. The molecule has 25 heavy (non-hydrogen) atoms. The molecule has 0 spiro atoms. The number of hydrogen-bond donors (Lipinski definition) is 0. The molecule has 0 unspecified atom stereocenters. The molecular formula is C18H19NO5S. The summed E-state index contributed by atoms with van der Waals surface area (Å²) < 4.78 is 9.50. The monoisotopic (exact) mass is 361 g/mol. The van der Waals surface area contributed by atoms with Crippen molar-refractivity contribution in [2.75, 3.05) is 7.11 Å². The number of hydrogen-bond acceptors (Lipinski definition) is 6. The van der Waals surface area contributed by atoms with Crippen LogP contribution in [0.3, 0.4) is 0 Å². The molecule has 132 valence electrons. The summed E-state index contributed by atoms with van der Waals surface area (Å²) in [5, 5.41) is -0.323. The van der Waals surface area contributed by atoms with Crippen molar-refractivity contribution in [3.63, 3.8) is 0 Å². The van der Waals surface area contributed by atoms with Crippen LogP contribution in [0, 0.1) is 0 Å². The van der Waals surface area contributed by atoms with Gasteiger partial charge in [0.2, 0.25) is 0 Å². The van der Waals surface area contributed by atoms with Crippen molar-refractivity contribution < 1.29 is 23.9 Å². The molecule has 0 radical (unpaired) electrons. The summed E-state index contributed by atoms with van der Waals surface area (Å²) in [5.41, 5.74) is 1.25. The lowest BCUT2D eigenvalue weighted by molar-refractivity contribution is -0.158. The summed E-state index contributed by atoms with van der Waals surface area (Å²) in [7, 11) is 1.26. The van der Waals surface area contributed by atoms with Crippen LogP contribution in [0.15, 0.2) is 42.0 Å². The highest BCUT2D eigenvalue weighted by Crippen LogP contribution is 2.53. The van der Waals surface area contributed by atoms with Gasteiger partial charge in [-0.05, 0) is 19.4 Å². The fourth-order valence-electron chi connectivity index (χ4n) is 3.03. The standard InChI is InChI=1S/C18H19NO5S/c1-18(2)14(17(22)24-10-11-7-5-4-6-8-11)19-15(21)12(16(19)25-18)9-13(20)23-3/h4-9,14,16H,10H2,1-3H3/b12-9-/t14-,16+/m0/s1. The molecule has 0 bridgehead atoms. The van der Waals surface area contributed by atoms with E-state index >= 15 is 0 Å². The molecular weight excluding hydrogens is 342 g/mol. The van der Waals surface area contributed by atoms with Gasteiger partial charge >= 0.3 is 11.9 Å². The van der Waals surface area contributed by atoms with Crippen LogP contribution in [0.4, 0.5) is 0 Å². The maximum Gasteiger partial charge on any atom is 0.331 e. The van der Waals surface area contributed by atoms with E-state index in [9.17, 15) is 14.4 Å². The Morgan fingerprint density at radius 3 is 2.60 bits per heavy atom. The van der Waals surface area contributed by atoms with Gasteiger partial charge in [-0.2, -0.15) is 0 Å². The zero-order chi connectivity index (χ0) is 18.2. The van der Waals surface area contributed by atoms with Gasteiger partial charge in [-0.1, -0.05) is 30.3 Å². The van der Waals surface area contributed by atoms with Crippen LogP contribution in [0.1, 0.15) is 19.4 Å². The van der Waals surface area contributed by atoms with Crippen molar-refractivity contribution in [2.24, 2.45) is 0 Å². The molecule has 0 saturated carbocycles. The minimum absolute atomic E-state index is 0.161. The number of esters is 2. The average Bonchev–Trinajstić information content (AvgIpc) is 2.86. The molecule has 0 aromatic heterocycles. The highest BCUT2D eigenvalue weighted by atomic mass is 32.2. The van der Waals surface area contributed by atoms with Crippen molar-refractivity contribution in [2.45, 2.75) is 36.6 Å². The van der Waals surface area contributed by atoms with E-state index in [-0.39, 0.29) is 17.9 Å². The van der Waals surface area contributed by atoms with Crippen molar-refractivity contribution in [3.05, 3.63) is 47.5 Å². The number of nitrogens with zero attached hydrogens (tertiary/aromatic N) is 1. The van der Waals surface area contributed by atoms with Crippen molar-refractivity contribution in [3.8, 4) is 0 Å². The number of fused-ring (bicyclic) bond motifs is 1. The van der Waals surface area contributed by atoms with Gasteiger partial charge < -0.3 is 14.4 Å². The molecule has 7 heteroatoms. The first-order valence-corrected chi connectivity index (χ1v) is 8.73. The number of amides is 1. The van der Waals surface area contributed by atoms with E-state index in [0.717, 1.165) is 5.56 Å². The number of rotatable bonds is 4. The maximum atomic E-state index is 12.6. The van der Waals surface area contributed by atoms with E-state index in [2.05, 4.69) is 4.74 Å². The van der Waals surface area contributed by atoms with Crippen molar-refractivity contribution in [1.82, 2.24) is 4.90 Å². The minimum Gasteiger partial charge on any atom is -0.466 e. The Morgan fingerprint density at radius 1 is 1.28 bits per heavy atom. The summed E-state index contributed by atoms with van der Waals surface area (Å²) in [6.45, 7) is 3.95. The van der Waals surface area contributed by atoms with E-state index in [1.54, 1.807) is 0 Å². The van der Waals surface area contributed by atoms with Gasteiger partial charge in [-0.25, -0.2) is 9.59 Å². The van der Waals surface area contributed by atoms with Gasteiger partial charge in [-0.3, -0.25) is 4.79 Å². The molecule has 2 aliphatic heterocycles. The molecule has 1 aromatic rings. The summed E-state index contributed by atoms with van der Waals surface area (Å²) in [5.74, 6) is -1.33. The second-order valence-electron chi connectivity index (χ2n) is 6.40. The summed E-state index contributed by atoms with van der Waals surface area (Å²) >= 11 is 1.47. The zero-order valence-corrected chi connectivity index (χ0v) is 15.0. The number of methoxy groups -OCH3 is 1. The molecule has 2 fully saturated rings. The largest absolute Gasteiger partial charge is 0.466 e. The van der Waals surface area contributed by atoms with Crippen LogP contribution in [-0.4, -0.2) is 46.0 Å². The van der Waals surface area contributed by atoms with Gasteiger partial charge in [0, 0.05) is 10.8 Å². The number of ether oxygens (including phenoxy) is 2. The SMILES string of the molecule is COC(=O)/C=C1/C(=O)N2[C@@H]1SC(C)(C)[C@@H]2C(=O)OCc1ccccc1. The van der Waals surface area contributed by atoms with E-state index in [1.165, 1.54) is 29.8 Å². The van der Waals surface area contributed by atoms with E-state index < -0.39 is 22.7 Å². The summed E-state index contributed by atoms with van der Waals surface area (Å²) in [6.07, 6.45) is 1.20. The molecule has 2 aliphatic rings.